The molecule has 1 aromatic carbocycles. The molecule has 0 amide bonds. The van der Waals surface area contributed by atoms with Gasteiger partial charge in [-0.2, -0.15) is 5.26 Å². The van der Waals surface area contributed by atoms with Gasteiger partial charge in [-0.25, -0.2) is 9.78 Å². The number of nitrogens with zero attached hydrogens (tertiary/aromatic N) is 4. The number of terminal acetylenes is 1. The summed E-state index contributed by atoms with van der Waals surface area (Å²) in [7, 11) is 3.00. The van der Waals surface area contributed by atoms with Crippen LogP contribution in [0.25, 0.3) is 11.0 Å². The molecule has 186 valence electrons. The molecule has 36 heavy (non-hydrogen) atoms. The lowest BCUT2D eigenvalue weighted by Crippen LogP contribution is -2.24. The van der Waals surface area contributed by atoms with Gasteiger partial charge in [0.15, 0.2) is 5.78 Å². The van der Waals surface area contributed by atoms with Gasteiger partial charge >= 0.3 is 11.7 Å². The number of ether oxygens (including phenoxy) is 1. The zero-order valence-electron chi connectivity index (χ0n) is 20.3. The van der Waals surface area contributed by atoms with E-state index in [9.17, 15) is 19.6 Å². The molecule has 1 N–H and O–H groups in total. The Labute approximate surface area is 213 Å². The summed E-state index contributed by atoms with van der Waals surface area (Å²) >= 11 is 6.21. The molecular formula is C26H26ClN5O4. The largest absolute Gasteiger partial charge is 0.469 e. The third-order valence-corrected chi connectivity index (χ3v) is 6.18. The van der Waals surface area contributed by atoms with E-state index in [4.69, 9.17) is 22.8 Å². The summed E-state index contributed by atoms with van der Waals surface area (Å²) in [6.07, 6.45) is 6.88. The van der Waals surface area contributed by atoms with Crippen molar-refractivity contribution < 1.29 is 14.3 Å². The molecule has 0 radical (unpaired) electrons. The number of hydrogen-bond acceptors (Lipinski definition) is 7. The van der Waals surface area contributed by atoms with Crippen LogP contribution in [0.15, 0.2) is 29.1 Å². The van der Waals surface area contributed by atoms with Crippen molar-refractivity contribution in [2.75, 3.05) is 12.4 Å². The Morgan fingerprint density at radius 3 is 2.72 bits per heavy atom. The molecule has 3 rings (SSSR count). The van der Waals surface area contributed by atoms with Crippen LogP contribution in [-0.4, -0.2) is 33.0 Å². The Balaban J connectivity index is 1.96. The molecule has 9 nitrogen and oxygen atoms in total. The molecule has 0 bridgehead atoms. The SMILES string of the molecule is C#CCCCC(=O)c1cc(Nc2ccc3c(c2)n(CCC(C)C(=O)OC)c(=O)n3C)c(C#N)c(Cl)n1. The van der Waals surface area contributed by atoms with Crippen LogP contribution in [0, 0.1) is 29.6 Å². The van der Waals surface area contributed by atoms with Gasteiger partial charge < -0.3 is 10.1 Å². The normalized spacial score (nSPS) is 11.5. The molecule has 0 saturated heterocycles. The number of carbonyl (C=O) groups excluding carboxylic acids is 2. The van der Waals surface area contributed by atoms with Crippen LogP contribution < -0.4 is 11.0 Å². The number of pyridine rings is 1. The van der Waals surface area contributed by atoms with Crippen molar-refractivity contribution in [1.29, 1.82) is 5.26 Å². The summed E-state index contributed by atoms with van der Waals surface area (Å²) in [5.74, 6) is 1.56. The molecule has 1 atom stereocenters. The molecular weight excluding hydrogens is 482 g/mol. The van der Waals surface area contributed by atoms with E-state index < -0.39 is 0 Å². The zero-order valence-corrected chi connectivity index (χ0v) is 21.1. The standard InChI is InChI=1S/C26H26ClN5O4/c1-5-6-7-8-23(33)20-14-19(18(15-28)24(27)30-20)29-17-9-10-21-22(13-17)32(26(35)31(21)3)12-11-16(2)25(34)36-4/h1,9-10,13-14,16H,6-8,11-12H2,2-4H3,(H,29,30). The third-order valence-electron chi connectivity index (χ3n) is 5.91. The van der Waals surface area contributed by atoms with E-state index in [0.717, 1.165) is 0 Å². The fourth-order valence-electron chi connectivity index (χ4n) is 3.84. The first kappa shape index (κ1) is 26.5. The highest BCUT2D eigenvalue weighted by Gasteiger charge is 2.18. The third kappa shape index (κ3) is 5.59. The van der Waals surface area contributed by atoms with Crippen LogP contribution in [-0.2, 0) is 23.1 Å². The van der Waals surface area contributed by atoms with Crippen LogP contribution in [0.5, 0.6) is 0 Å². The number of nitriles is 1. The summed E-state index contributed by atoms with van der Waals surface area (Å²) in [5, 5.41) is 12.7. The molecule has 2 aromatic heterocycles. The number of Topliss-reactive ketones (excluding diaryl/α,β-unsaturated/α-hetero) is 1. The second kappa shape index (κ2) is 11.6. The maximum absolute atomic E-state index is 12.9. The van der Waals surface area contributed by atoms with Gasteiger partial charge in [-0.05, 0) is 37.1 Å². The smallest absolute Gasteiger partial charge is 0.328 e. The van der Waals surface area contributed by atoms with E-state index >= 15 is 0 Å². The van der Waals surface area contributed by atoms with Crippen LogP contribution in [0.3, 0.4) is 0 Å². The number of methoxy groups -OCH3 is 1. The van der Waals surface area contributed by atoms with Crippen molar-refractivity contribution in [3.8, 4) is 18.4 Å². The number of hydrogen-bond donors (Lipinski definition) is 1. The van der Waals surface area contributed by atoms with E-state index in [0.29, 0.717) is 48.2 Å². The summed E-state index contributed by atoms with van der Waals surface area (Å²) in [6, 6.07) is 8.81. The number of fused-ring (bicyclic) bond motifs is 1. The second-order valence-corrected chi connectivity index (χ2v) is 8.71. The van der Waals surface area contributed by atoms with Crippen molar-refractivity contribution in [2.45, 2.75) is 39.2 Å². The van der Waals surface area contributed by atoms with Gasteiger partial charge in [0.25, 0.3) is 0 Å². The van der Waals surface area contributed by atoms with E-state index in [-0.39, 0.29) is 46.2 Å². The lowest BCUT2D eigenvalue weighted by Gasteiger charge is -2.12. The van der Waals surface area contributed by atoms with Crippen molar-refractivity contribution in [1.82, 2.24) is 14.1 Å². The average molecular weight is 508 g/mol. The number of unbranched alkanes of at least 4 members (excludes halogenated alkanes) is 1. The van der Waals surface area contributed by atoms with Crippen LogP contribution in [0.1, 0.15) is 48.7 Å². The fourth-order valence-corrected chi connectivity index (χ4v) is 4.08. The Morgan fingerprint density at radius 1 is 1.31 bits per heavy atom. The number of rotatable bonds is 10. The van der Waals surface area contributed by atoms with E-state index in [1.807, 2.05) is 6.07 Å². The van der Waals surface area contributed by atoms with Crippen LogP contribution >= 0.6 is 11.6 Å². The van der Waals surface area contributed by atoms with Crippen molar-refractivity contribution in [3.05, 3.63) is 51.2 Å². The summed E-state index contributed by atoms with van der Waals surface area (Å²) in [5.41, 5.74) is 2.25. The number of nitrogens with one attached hydrogen (secondary N) is 1. The molecule has 1 unspecified atom stereocenters. The highest BCUT2D eigenvalue weighted by Crippen LogP contribution is 2.29. The number of aryl methyl sites for hydroxylation is 2. The number of ketones is 1. The minimum Gasteiger partial charge on any atom is -0.469 e. The Bertz CT molecular complexity index is 1460. The Hall–Kier alpha value is -4.08. The number of esters is 1. The van der Waals surface area contributed by atoms with Gasteiger partial charge in [-0.15, -0.1) is 12.3 Å². The van der Waals surface area contributed by atoms with Gasteiger partial charge in [0.1, 0.15) is 22.5 Å². The first-order chi connectivity index (χ1) is 17.2. The first-order valence-electron chi connectivity index (χ1n) is 11.3. The number of benzene rings is 1. The molecule has 0 aliphatic heterocycles. The summed E-state index contributed by atoms with van der Waals surface area (Å²) in [4.78, 5) is 41.3. The topological polar surface area (TPSA) is 119 Å². The lowest BCUT2D eigenvalue weighted by atomic mass is 10.1. The van der Waals surface area contributed by atoms with Gasteiger partial charge in [-0.3, -0.25) is 18.7 Å². The highest BCUT2D eigenvalue weighted by molar-refractivity contribution is 6.31. The van der Waals surface area contributed by atoms with Gasteiger partial charge in [0.2, 0.25) is 0 Å². The monoisotopic (exact) mass is 507 g/mol. The van der Waals surface area contributed by atoms with Crippen molar-refractivity contribution in [2.24, 2.45) is 13.0 Å². The quantitative estimate of drug-likeness (QED) is 0.144. The minimum absolute atomic E-state index is 0.0858. The molecule has 10 heteroatoms. The fraction of sp³-hybridized carbons (Fsp3) is 0.346. The van der Waals surface area contributed by atoms with Crippen LogP contribution in [0.4, 0.5) is 11.4 Å². The van der Waals surface area contributed by atoms with E-state index in [1.54, 1.807) is 36.7 Å². The van der Waals surface area contributed by atoms with Crippen molar-refractivity contribution in [3.63, 3.8) is 0 Å². The molecule has 0 aliphatic rings. The molecule has 0 fully saturated rings. The van der Waals surface area contributed by atoms with E-state index in [2.05, 4.69) is 16.2 Å². The Kier molecular flexibility index (Phi) is 8.52. The maximum Gasteiger partial charge on any atom is 0.328 e. The van der Waals surface area contributed by atoms with Gasteiger partial charge in [0, 0.05) is 32.1 Å². The number of halogens is 1. The molecule has 3 aromatic rings. The summed E-state index contributed by atoms with van der Waals surface area (Å²) in [6.45, 7) is 2.06. The predicted molar refractivity (Wildman–Crippen MR) is 137 cm³/mol. The molecule has 0 aliphatic carbocycles. The number of carbonyl (C=O) groups is 2. The molecule has 2 heterocycles. The average Bonchev–Trinajstić information content (AvgIpc) is 3.10. The molecule has 0 spiro atoms. The highest BCUT2D eigenvalue weighted by atomic mass is 35.5. The number of anilines is 2. The second-order valence-electron chi connectivity index (χ2n) is 8.35. The van der Waals surface area contributed by atoms with Crippen LogP contribution in [0.2, 0.25) is 5.15 Å². The zero-order chi connectivity index (χ0) is 26.4. The van der Waals surface area contributed by atoms with Gasteiger partial charge in [-0.1, -0.05) is 18.5 Å². The van der Waals surface area contributed by atoms with Crippen molar-refractivity contribution >= 4 is 45.8 Å². The first-order valence-corrected chi connectivity index (χ1v) is 11.7. The summed E-state index contributed by atoms with van der Waals surface area (Å²) < 4.78 is 7.89. The number of imidazole rings is 1. The number of aromatic nitrogens is 3. The van der Waals surface area contributed by atoms with E-state index in [1.165, 1.54) is 17.7 Å². The predicted octanol–water partition coefficient (Wildman–Crippen LogP) is 4.19. The van der Waals surface area contributed by atoms with Gasteiger partial charge in [0.05, 0.1) is 29.7 Å². The lowest BCUT2D eigenvalue weighted by molar-refractivity contribution is -0.145. The maximum atomic E-state index is 12.9. The Morgan fingerprint density at radius 2 is 2.06 bits per heavy atom. The molecule has 0 saturated carbocycles. The minimum atomic E-state index is -0.368.